The molecule has 0 saturated heterocycles. The molecule has 0 aliphatic heterocycles. The number of nitrogens with one attached hydrogen (secondary N) is 1. The van der Waals surface area contributed by atoms with Crippen LogP contribution in [0.1, 0.15) is 43.0 Å². The van der Waals surface area contributed by atoms with Gasteiger partial charge < -0.3 is 9.88 Å². The maximum atomic E-state index is 4.87. The lowest BCUT2D eigenvalue weighted by molar-refractivity contribution is 0.639. The van der Waals surface area contributed by atoms with Crippen molar-refractivity contribution in [1.29, 1.82) is 0 Å². The van der Waals surface area contributed by atoms with Crippen LogP contribution in [0, 0.1) is 0 Å². The van der Waals surface area contributed by atoms with Gasteiger partial charge in [0.1, 0.15) is 5.82 Å². The van der Waals surface area contributed by atoms with Crippen molar-refractivity contribution in [2.45, 2.75) is 38.1 Å². The molecule has 1 fully saturated rings. The van der Waals surface area contributed by atoms with E-state index in [4.69, 9.17) is 4.98 Å². The number of nitrogens with zero attached hydrogens (tertiary/aromatic N) is 2. The van der Waals surface area contributed by atoms with Crippen LogP contribution in [0.5, 0.6) is 0 Å². The highest BCUT2D eigenvalue weighted by atomic mass is 15.1. The van der Waals surface area contributed by atoms with Crippen molar-refractivity contribution in [3.8, 4) is 0 Å². The fourth-order valence-corrected chi connectivity index (χ4v) is 3.13. The van der Waals surface area contributed by atoms with Gasteiger partial charge >= 0.3 is 0 Å². The SMILES string of the molecule is CNCc1ccc2c(c1)nc(C1CCCC1)n2C. The second-order valence-corrected chi connectivity index (χ2v) is 5.36. The van der Waals surface area contributed by atoms with Crippen LogP contribution in [-0.4, -0.2) is 16.6 Å². The number of imidazole rings is 1. The van der Waals surface area contributed by atoms with Gasteiger partial charge in [-0.25, -0.2) is 4.98 Å². The molecule has 1 heterocycles. The molecule has 0 radical (unpaired) electrons. The van der Waals surface area contributed by atoms with Crippen LogP contribution in [0.15, 0.2) is 18.2 Å². The zero-order valence-corrected chi connectivity index (χ0v) is 11.2. The molecular formula is C15H21N3. The molecule has 1 aliphatic rings. The molecule has 1 aromatic heterocycles. The molecule has 0 unspecified atom stereocenters. The molecule has 3 nitrogen and oxygen atoms in total. The molecular weight excluding hydrogens is 222 g/mol. The molecule has 0 amide bonds. The Hall–Kier alpha value is -1.35. The minimum atomic E-state index is 0.676. The highest BCUT2D eigenvalue weighted by Gasteiger charge is 2.22. The summed E-state index contributed by atoms with van der Waals surface area (Å²) in [6.07, 6.45) is 5.33. The van der Waals surface area contributed by atoms with E-state index in [1.807, 2.05) is 7.05 Å². The molecule has 1 N–H and O–H groups in total. The van der Waals surface area contributed by atoms with Gasteiger partial charge in [-0.15, -0.1) is 0 Å². The standard InChI is InChI=1S/C15H21N3/c1-16-10-11-7-8-14-13(9-11)17-15(18(14)2)12-5-3-4-6-12/h7-9,12,16H,3-6,10H2,1-2H3. The number of fused-ring (bicyclic) bond motifs is 1. The monoisotopic (exact) mass is 243 g/mol. The Bertz CT molecular complexity index is 550. The molecule has 18 heavy (non-hydrogen) atoms. The number of benzene rings is 1. The minimum absolute atomic E-state index is 0.676. The van der Waals surface area contributed by atoms with Crippen molar-refractivity contribution in [3.63, 3.8) is 0 Å². The van der Waals surface area contributed by atoms with Crippen LogP contribution in [0.2, 0.25) is 0 Å². The van der Waals surface area contributed by atoms with E-state index in [0.29, 0.717) is 5.92 Å². The van der Waals surface area contributed by atoms with E-state index in [1.54, 1.807) is 0 Å². The summed E-state index contributed by atoms with van der Waals surface area (Å²) >= 11 is 0. The van der Waals surface area contributed by atoms with Crippen molar-refractivity contribution >= 4 is 11.0 Å². The Morgan fingerprint density at radius 2 is 2.11 bits per heavy atom. The Morgan fingerprint density at radius 3 is 2.83 bits per heavy atom. The van der Waals surface area contributed by atoms with Crippen LogP contribution < -0.4 is 5.32 Å². The molecule has 0 bridgehead atoms. The van der Waals surface area contributed by atoms with Crippen molar-refractivity contribution < 1.29 is 0 Å². The summed E-state index contributed by atoms with van der Waals surface area (Å²) in [4.78, 5) is 4.87. The summed E-state index contributed by atoms with van der Waals surface area (Å²) in [5.74, 6) is 1.96. The number of hydrogen-bond acceptors (Lipinski definition) is 2. The predicted octanol–water partition coefficient (Wildman–Crippen LogP) is 2.95. The average Bonchev–Trinajstić information content (AvgIpc) is 2.98. The van der Waals surface area contributed by atoms with Crippen LogP contribution in [-0.2, 0) is 13.6 Å². The number of aryl methyl sites for hydroxylation is 1. The molecule has 3 rings (SSSR count). The third-order valence-electron chi connectivity index (χ3n) is 4.08. The third kappa shape index (κ3) is 1.93. The second kappa shape index (κ2) is 4.73. The van der Waals surface area contributed by atoms with Crippen molar-refractivity contribution in [1.82, 2.24) is 14.9 Å². The lowest BCUT2D eigenvalue weighted by Crippen LogP contribution is -2.04. The van der Waals surface area contributed by atoms with Gasteiger partial charge in [0.25, 0.3) is 0 Å². The Morgan fingerprint density at radius 1 is 1.33 bits per heavy atom. The summed E-state index contributed by atoms with van der Waals surface area (Å²) < 4.78 is 2.29. The first-order valence-electron chi connectivity index (χ1n) is 6.89. The zero-order chi connectivity index (χ0) is 12.5. The highest BCUT2D eigenvalue weighted by molar-refractivity contribution is 5.77. The van der Waals surface area contributed by atoms with E-state index < -0.39 is 0 Å². The first-order valence-corrected chi connectivity index (χ1v) is 6.89. The topological polar surface area (TPSA) is 29.9 Å². The Labute approximate surface area is 108 Å². The Balaban J connectivity index is 2.03. The lowest BCUT2D eigenvalue weighted by Gasteiger charge is -2.08. The number of hydrogen-bond donors (Lipinski definition) is 1. The molecule has 1 saturated carbocycles. The molecule has 3 heteroatoms. The summed E-state index contributed by atoms with van der Waals surface area (Å²) in [6.45, 7) is 0.908. The predicted molar refractivity (Wildman–Crippen MR) is 74.7 cm³/mol. The first kappa shape index (κ1) is 11.7. The number of aromatic nitrogens is 2. The van der Waals surface area contributed by atoms with E-state index in [-0.39, 0.29) is 0 Å². The molecule has 1 aliphatic carbocycles. The fourth-order valence-electron chi connectivity index (χ4n) is 3.13. The maximum absolute atomic E-state index is 4.87. The molecule has 0 spiro atoms. The van der Waals surface area contributed by atoms with Gasteiger partial charge in [-0.2, -0.15) is 0 Å². The summed E-state index contributed by atoms with van der Waals surface area (Å²) in [6, 6.07) is 6.61. The van der Waals surface area contributed by atoms with E-state index in [9.17, 15) is 0 Å². The zero-order valence-electron chi connectivity index (χ0n) is 11.2. The van der Waals surface area contributed by atoms with Crippen LogP contribution in [0.4, 0.5) is 0 Å². The highest BCUT2D eigenvalue weighted by Crippen LogP contribution is 2.34. The van der Waals surface area contributed by atoms with Gasteiger partial charge in [0, 0.05) is 19.5 Å². The van der Waals surface area contributed by atoms with Crippen LogP contribution in [0.3, 0.4) is 0 Å². The van der Waals surface area contributed by atoms with Gasteiger partial charge in [0.2, 0.25) is 0 Å². The molecule has 96 valence electrons. The van der Waals surface area contributed by atoms with Gasteiger partial charge in [0.15, 0.2) is 0 Å². The average molecular weight is 243 g/mol. The lowest BCUT2D eigenvalue weighted by atomic mass is 10.1. The normalized spacial score (nSPS) is 16.8. The second-order valence-electron chi connectivity index (χ2n) is 5.36. The van der Waals surface area contributed by atoms with Crippen molar-refractivity contribution in [2.24, 2.45) is 7.05 Å². The molecule has 2 aromatic rings. The quantitative estimate of drug-likeness (QED) is 0.898. The van der Waals surface area contributed by atoms with Gasteiger partial charge in [0.05, 0.1) is 11.0 Å². The van der Waals surface area contributed by atoms with Crippen molar-refractivity contribution in [3.05, 3.63) is 29.6 Å². The molecule has 0 atom stereocenters. The van der Waals surface area contributed by atoms with Gasteiger partial charge in [-0.3, -0.25) is 0 Å². The van der Waals surface area contributed by atoms with E-state index in [2.05, 4.69) is 35.1 Å². The van der Waals surface area contributed by atoms with Gasteiger partial charge in [-0.05, 0) is 37.6 Å². The minimum Gasteiger partial charge on any atom is -0.331 e. The van der Waals surface area contributed by atoms with Crippen LogP contribution >= 0.6 is 0 Å². The van der Waals surface area contributed by atoms with E-state index in [0.717, 1.165) is 12.1 Å². The van der Waals surface area contributed by atoms with Crippen LogP contribution in [0.25, 0.3) is 11.0 Å². The first-order chi connectivity index (χ1) is 8.79. The molecule has 1 aromatic carbocycles. The summed E-state index contributed by atoms with van der Waals surface area (Å²) in [5, 5.41) is 3.19. The largest absolute Gasteiger partial charge is 0.331 e. The smallest absolute Gasteiger partial charge is 0.112 e. The Kier molecular flexibility index (Phi) is 3.08. The van der Waals surface area contributed by atoms with E-state index >= 15 is 0 Å². The van der Waals surface area contributed by atoms with E-state index in [1.165, 1.54) is 42.6 Å². The summed E-state index contributed by atoms with van der Waals surface area (Å²) in [5.41, 5.74) is 3.71. The fraction of sp³-hybridized carbons (Fsp3) is 0.533. The van der Waals surface area contributed by atoms with Gasteiger partial charge in [-0.1, -0.05) is 18.9 Å². The third-order valence-corrected chi connectivity index (χ3v) is 4.08. The number of rotatable bonds is 3. The summed E-state index contributed by atoms with van der Waals surface area (Å²) in [7, 11) is 4.13. The maximum Gasteiger partial charge on any atom is 0.112 e. The van der Waals surface area contributed by atoms with Crippen molar-refractivity contribution in [2.75, 3.05) is 7.05 Å².